The van der Waals surface area contributed by atoms with Crippen molar-refractivity contribution in [1.29, 1.82) is 0 Å². The summed E-state index contributed by atoms with van der Waals surface area (Å²) in [5, 5.41) is 6.96. The number of para-hydroxylation sites is 1. The van der Waals surface area contributed by atoms with Crippen molar-refractivity contribution in [3.63, 3.8) is 0 Å². The third kappa shape index (κ3) is 4.58. The van der Waals surface area contributed by atoms with E-state index < -0.39 is 0 Å². The van der Waals surface area contributed by atoms with Gasteiger partial charge in [0.15, 0.2) is 17.5 Å². The second-order valence-electron chi connectivity index (χ2n) is 14.7. The normalized spacial score (nSPS) is 13.1. The van der Waals surface area contributed by atoms with Crippen molar-refractivity contribution in [2.75, 3.05) is 0 Å². The van der Waals surface area contributed by atoms with Gasteiger partial charge in [-0.05, 0) is 86.3 Å². The lowest BCUT2D eigenvalue weighted by molar-refractivity contribution is 0.660. The highest BCUT2D eigenvalue weighted by atomic mass is 15.0. The highest BCUT2D eigenvalue weighted by Gasteiger charge is 2.36. The van der Waals surface area contributed by atoms with E-state index in [1.807, 2.05) is 12.3 Å². The molecule has 1 aliphatic carbocycles. The van der Waals surface area contributed by atoms with Crippen LogP contribution in [-0.2, 0) is 5.41 Å². The molecule has 5 nitrogen and oxygen atoms in total. The molecule has 0 unspecified atom stereocenters. The van der Waals surface area contributed by atoms with Gasteiger partial charge in [0.25, 0.3) is 0 Å². The Kier molecular flexibility index (Phi) is 6.53. The monoisotopic (exact) mass is 691 g/mol. The Bertz CT molecular complexity index is 3100. The minimum absolute atomic E-state index is 0.268. The average molecular weight is 692 g/mol. The van der Waals surface area contributed by atoms with Gasteiger partial charge >= 0.3 is 0 Å². The summed E-state index contributed by atoms with van der Waals surface area (Å²) in [6, 6.07) is 55.9. The smallest absolute Gasteiger partial charge is 0.164 e. The molecule has 10 aromatic rings. The molecule has 0 bridgehead atoms. The Morgan fingerprint density at radius 2 is 1.07 bits per heavy atom. The van der Waals surface area contributed by atoms with Crippen LogP contribution < -0.4 is 0 Å². The van der Waals surface area contributed by atoms with E-state index in [-0.39, 0.29) is 5.41 Å². The Morgan fingerprint density at radius 1 is 0.444 bits per heavy atom. The van der Waals surface area contributed by atoms with Crippen LogP contribution >= 0.6 is 0 Å². The molecule has 0 amide bonds. The fraction of sp³-hybridized carbons (Fsp3) is 0.0612. The standard InChI is InChI=1S/C49H33N5/c1-49(2)42-28-34(22-24-37(42)38-25-23-35(29-43(38)49)54-44-19-8-7-16-39(44)41-18-10-26-50-48(41)54)46-51-45(33-21-20-30-11-3-4-13-32(30)27-33)52-47(53-46)40-17-9-14-31-12-5-6-15-36(31)40/h3-29H,1-2H3. The van der Waals surface area contributed by atoms with Crippen LogP contribution in [0.25, 0.3) is 94.5 Å². The summed E-state index contributed by atoms with van der Waals surface area (Å²) in [4.78, 5) is 20.4. The van der Waals surface area contributed by atoms with Gasteiger partial charge in [-0.25, -0.2) is 19.9 Å². The summed E-state index contributed by atoms with van der Waals surface area (Å²) in [6.07, 6.45) is 1.88. The van der Waals surface area contributed by atoms with Gasteiger partial charge < -0.3 is 0 Å². The molecule has 0 atom stereocenters. The third-order valence-corrected chi connectivity index (χ3v) is 11.3. The maximum Gasteiger partial charge on any atom is 0.164 e. The first-order valence-corrected chi connectivity index (χ1v) is 18.4. The molecule has 3 heterocycles. The Hall–Kier alpha value is -6.98. The number of hydrogen-bond acceptors (Lipinski definition) is 4. The van der Waals surface area contributed by atoms with Gasteiger partial charge in [-0.1, -0.05) is 129 Å². The minimum Gasteiger partial charge on any atom is -0.294 e. The molecule has 5 heteroatoms. The highest BCUT2D eigenvalue weighted by molar-refractivity contribution is 6.08. The predicted octanol–water partition coefficient (Wildman–Crippen LogP) is 12.0. The SMILES string of the molecule is CC1(C)c2cc(-c3nc(-c4ccc5ccccc5c4)nc(-c4cccc5ccccc45)n3)ccc2-c2ccc(-n3c4ccccc4c4cccnc43)cc21. The molecular formula is C49H33N5. The lowest BCUT2D eigenvalue weighted by atomic mass is 9.82. The molecule has 0 saturated carbocycles. The second kappa shape index (κ2) is 11.5. The van der Waals surface area contributed by atoms with Gasteiger partial charge in [0.05, 0.1) is 5.52 Å². The molecule has 0 fully saturated rings. The maximum absolute atomic E-state index is 5.21. The fourth-order valence-electron chi connectivity index (χ4n) is 8.56. The van der Waals surface area contributed by atoms with E-state index in [0.29, 0.717) is 17.5 Å². The number of fused-ring (bicyclic) bond motifs is 8. The second-order valence-corrected chi connectivity index (χ2v) is 14.7. The van der Waals surface area contributed by atoms with Gasteiger partial charge in [-0.2, -0.15) is 0 Å². The van der Waals surface area contributed by atoms with Crippen molar-refractivity contribution in [3.8, 4) is 51.0 Å². The third-order valence-electron chi connectivity index (χ3n) is 11.3. The number of hydrogen-bond donors (Lipinski definition) is 0. The molecule has 0 spiro atoms. The summed E-state index contributed by atoms with van der Waals surface area (Å²) in [7, 11) is 0. The summed E-state index contributed by atoms with van der Waals surface area (Å²) in [5.74, 6) is 1.97. The summed E-state index contributed by atoms with van der Waals surface area (Å²) < 4.78 is 2.30. The Morgan fingerprint density at radius 3 is 1.93 bits per heavy atom. The summed E-state index contributed by atoms with van der Waals surface area (Å²) >= 11 is 0. The van der Waals surface area contributed by atoms with Crippen LogP contribution in [0.4, 0.5) is 0 Å². The van der Waals surface area contributed by atoms with E-state index in [1.165, 1.54) is 33.0 Å². The molecule has 0 saturated heterocycles. The first-order valence-electron chi connectivity index (χ1n) is 18.4. The molecule has 54 heavy (non-hydrogen) atoms. The van der Waals surface area contributed by atoms with Gasteiger partial charge in [-0.15, -0.1) is 0 Å². The van der Waals surface area contributed by atoms with Gasteiger partial charge in [0, 0.05) is 44.8 Å². The van der Waals surface area contributed by atoms with Crippen molar-refractivity contribution in [2.45, 2.75) is 19.3 Å². The molecule has 0 N–H and O–H groups in total. The lowest BCUT2D eigenvalue weighted by Crippen LogP contribution is -2.15. The van der Waals surface area contributed by atoms with Crippen LogP contribution in [-0.4, -0.2) is 24.5 Å². The zero-order valence-corrected chi connectivity index (χ0v) is 29.8. The number of pyridine rings is 1. The molecular weight excluding hydrogens is 659 g/mol. The number of aromatic nitrogens is 5. The molecule has 3 aromatic heterocycles. The summed E-state index contributed by atoms with van der Waals surface area (Å²) in [6.45, 7) is 4.65. The lowest BCUT2D eigenvalue weighted by Gasteiger charge is -2.23. The Labute approximate surface area is 312 Å². The van der Waals surface area contributed by atoms with Crippen molar-refractivity contribution in [3.05, 3.63) is 175 Å². The van der Waals surface area contributed by atoms with Crippen LogP contribution in [0.5, 0.6) is 0 Å². The van der Waals surface area contributed by atoms with Crippen molar-refractivity contribution in [2.24, 2.45) is 0 Å². The number of benzene rings is 7. The minimum atomic E-state index is -0.268. The largest absolute Gasteiger partial charge is 0.294 e. The zero-order chi connectivity index (χ0) is 36.0. The van der Waals surface area contributed by atoms with Gasteiger partial charge in [0.2, 0.25) is 0 Å². The summed E-state index contributed by atoms with van der Waals surface area (Å²) in [5.41, 5.74) is 10.9. The van der Waals surface area contributed by atoms with E-state index in [9.17, 15) is 0 Å². The Balaban J connectivity index is 1.07. The van der Waals surface area contributed by atoms with Gasteiger partial charge in [0.1, 0.15) is 5.65 Å². The molecule has 7 aromatic carbocycles. The molecule has 11 rings (SSSR count). The van der Waals surface area contributed by atoms with Crippen LogP contribution in [0.15, 0.2) is 164 Å². The highest BCUT2D eigenvalue weighted by Crippen LogP contribution is 2.50. The van der Waals surface area contributed by atoms with Crippen LogP contribution in [0.3, 0.4) is 0 Å². The first-order chi connectivity index (χ1) is 26.5. The molecule has 0 aliphatic heterocycles. The van der Waals surface area contributed by atoms with Crippen molar-refractivity contribution >= 4 is 43.5 Å². The van der Waals surface area contributed by atoms with E-state index >= 15 is 0 Å². The predicted molar refractivity (Wildman–Crippen MR) is 221 cm³/mol. The number of rotatable bonds is 4. The van der Waals surface area contributed by atoms with E-state index in [2.05, 4.69) is 170 Å². The molecule has 254 valence electrons. The molecule has 0 radical (unpaired) electrons. The first kappa shape index (κ1) is 30.6. The quantitative estimate of drug-likeness (QED) is 0.184. The molecule has 1 aliphatic rings. The van der Waals surface area contributed by atoms with Crippen molar-refractivity contribution < 1.29 is 0 Å². The number of nitrogens with zero attached hydrogens (tertiary/aromatic N) is 5. The van der Waals surface area contributed by atoms with Gasteiger partial charge in [-0.3, -0.25) is 4.57 Å². The van der Waals surface area contributed by atoms with E-state index in [1.54, 1.807) is 0 Å². The topological polar surface area (TPSA) is 56.5 Å². The van der Waals surface area contributed by atoms with Crippen LogP contribution in [0.2, 0.25) is 0 Å². The fourth-order valence-corrected chi connectivity index (χ4v) is 8.56. The van der Waals surface area contributed by atoms with E-state index in [0.717, 1.165) is 55.1 Å². The van der Waals surface area contributed by atoms with E-state index in [4.69, 9.17) is 19.9 Å². The average Bonchev–Trinajstić information content (AvgIpc) is 3.68. The van der Waals surface area contributed by atoms with Crippen molar-refractivity contribution in [1.82, 2.24) is 24.5 Å². The maximum atomic E-state index is 5.21. The van der Waals surface area contributed by atoms with Crippen LogP contribution in [0, 0.1) is 0 Å². The zero-order valence-electron chi connectivity index (χ0n) is 29.8. The van der Waals surface area contributed by atoms with Crippen LogP contribution in [0.1, 0.15) is 25.0 Å².